The van der Waals surface area contributed by atoms with E-state index in [0.717, 1.165) is 22.5 Å². The highest BCUT2D eigenvalue weighted by Crippen LogP contribution is 2.30. The Morgan fingerprint density at radius 3 is 2.84 bits per heavy atom. The Morgan fingerprint density at radius 2 is 2.13 bits per heavy atom. The quantitative estimate of drug-likeness (QED) is 0.601. The summed E-state index contributed by atoms with van der Waals surface area (Å²) < 4.78 is 19.7. The van der Waals surface area contributed by atoms with Gasteiger partial charge in [-0.2, -0.15) is 10.2 Å². The molecule has 3 heterocycles. The Kier molecular flexibility index (Phi) is 6.31. The Morgan fingerprint density at radius 1 is 1.32 bits per heavy atom. The van der Waals surface area contributed by atoms with Gasteiger partial charge in [-0.1, -0.05) is 18.2 Å². The molecule has 164 valence electrons. The highest BCUT2D eigenvalue weighted by atomic mass is 16.7. The molecule has 10 nitrogen and oxygen atoms in total. The van der Waals surface area contributed by atoms with Crippen molar-refractivity contribution in [2.24, 2.45) is 7.05 Å². The average Bonchev–Trinajstić information content (AvgIpc) is 3.47. The van der Waals surface area contributed by atoms with E-state index in [2.05, 4.69) is 15.7 Å². The number of hydrogen-bond acceptors (Lipinski definition) is 6. The lowest BCUT2D eigenvalue weighted by Gasteiger charge is -2.14. The van der Waals surface area contributed by atoms with Gasteiger partial charge in [0.1, 0.15) is 11.5 Å². The molecule has 1 aromatic carbocycles. The molecule has 0 aliphatic carbocycles. The summed E-state index contributed by atoms with van der Waals surface area (Å²) in [6, 6.07) is 9.22. The molecule has 2 aromatic heterocycles. The third kappa shape index (κ3) is 4.76. The van der Waals surface area contributed by atoms with Crippen LogP contribution in [0.4, 0.5) is 10.6 Å². The number of aromatic nitrogens is 4. The van der Waals surface area contributed by atoms with Gasteiger partial charge in [0.2, 0.25) is 0 Å². The summed E-state index contributed by atoms with van der Waals surface area (Å²) in [7, 11) is 3.47. The number of para-hydroxylation sites is 1. The number of nitrogens with one attached hydrogen (secondary N) is 2. The summed E-state index contributed by atoms with van der Waals surface area (Å²) in [6.45, 7) is 2.72. The number of carbonyl (C=O) groups is 1. The van der Waals surface area contributed by atoms with E-state index in [-0.39, 0.29) is 12.9 Å². The van der Waals surface area contributed by atoms with Crippen LogP contribution in [0, 0.1) is 6.92 Å². The first-order valence-corrected chi connectivity index (χ1v) is 10.0. The molecule has 2 N–H and O–H groups in total. The zero-order valence-corrected chi connectivity index (χ0v) is 17.7. The molecular formula is C21H26N6O4. The minimum Gasteiger partial charge on any atom is -0.384 e. The van der Waals surface area contributed by atoms with E-state index in [1.54, 1.807) is 22.7 Å². The lowest BCUT2D eigenvalue weighted by Crippen LogP contribution is -2.40. The van der Waals surface area contributed by atoms with Crippen LogP contribution in [-0.4, -0.2) is 58.4 Å². The standard InChI is InChI=1S/C21H26N6O4/c1-14-19(15-11-22-26(2)12-15)25-27(16-7-5-4-6-8-16)20(14)24-21(28)23-17-13-30-18(31-17)9-10-29-3/h4-8,11-12,17-18H,9-10,13H2,1-3H3,(H2,23,24,28)/t17-,18+/m1/s1. The van der Waals surface area contributed by atoms with Gasteiger partial charge in [-0.05, 0) is 19.1 Å². The second-order valence-electron chi connectivity index (χ2n) is 7.24. The number of carbonyl (C=O) groups excluding carboxylic acids is 1. The molecule has 2 amide bonds. The topological polar surface area (TPSA) is 104 Å². The molecule has 31 heavy (non-hydrogen) atoms. The van der Waals surface area contributed by atoms with Crippen LogP contribution < -0.4 is 10.6 Å². The summed E-state index contributed by atoms with van der Waals surface area (Å²) in [5.41, 5.74) is 3.27. The summed E-state index contributed by atoms with van der Waals surface area (Å²) in [5, 5.41) is 14.7. The zero-order chi connectivity index (χ0) is 21.8. The fourth-order valence-corrected chi connectivity index (χ4v) is 3.40. The number of urea groups is 1. The fourth-order valence-electron chi connectivity index (χ4n) is 3.40. The van der Waals surface area contributed by atoms with E-state index in [0.29, 0.717) is 18.8 Å². The van der Waals surface area contributed by atoms with Crippen molar-refractivity contribution < 1.29 is 19.0 Å². The van der Waals surface area contributed by atoms with Gasteiger partial charge in [0.05, 0.1) is 25.1 Å². The van der Waals surface area contributed by atoms with Crippen molar-refractivity contribution in [1.29, 1.82) is 0 Å². The number of amides is 2. The second kappa shape index (κ2) is 9.29. The van der Waals surface area contributed by atoms with Gasteiger partial charge < -0.3 is 19.5 Å². The van der Waals surface area contributed by atoms with E-state index in [1.807, 2.05) is 50.5 Å². The van der Waals surface area contributed by atoms with E-state index in [1.165, 1.54) is 0 Å². The van der Waals surface area contributed by atoms with Gasteiger partial charge in [0.25, 0.3) is 0 Å². The third-order valence-corrected chi connectivity index (χ3v) is 4.93. The molecule has 2 atom stereocenters. The lowest BCUT2D eigenvalue weighted by atomic mass is 10.1. The van der Waals surface area contributed by atoms with Crippen LogP contribution in [0.25, 0.3) is 16.9 Å². The number of aryl methyl sites for hydroxylation is 1. The second-order valence-corrected chi connectivity index (χ2v) is 7.24. The maximum absolute atomic E-state index is 12.7. The Bertz CT molecular complexity index is 1030. The fraction of sp³-hybridized carbons (Fsp3) is 0.381. The lowest BCUT2D eigenvalue weighted by molar-refractivity contribution is -0.0744. The summed E-state index contributed by atoms with van der Waals surface area (Å²) >= 11 is 0. The monoisotopic (exact) mass is 426 g/mol. The highest BCUT2D eigenvalue weighted by molar-refractivity contribution is 5.91. The van der Waals surface area contributed by atoms with E-state index >= 15 is 0 Å². The van der Waals surface area contributed by atoms with Crippen LogP contribution in [0.2, 0.25) is 0 Å². The van der Waals surface area contributed by atoms with Gasteiger partial charge in [-0.15, -0.1) is 0 Å². The molecule has 1 aliphatic rings. The maximum Gasteiger partial charge on any atom is 0.322 e. The van der Waals surface area contributed by atoms with Gasteiger partial charge in [-0.3, -0.25) is 10.00 Å². The van der Waals surface area contributed by atoms with Gasteiger partial charge in [0.15, 0.2) is 12.5 Å². The predicted octanol–water partition coefficient (Wildman–Crippen LogP) is 2.44. The van der Waals surface area contributed by atoms with Gasteiger partial charge >= 0.3 is 6.03 Å². The maximum atomic E-state index is 12.7. The number of nitrogens with zero attached hydrogens (tertiary/aromatic N) is 4. The van der Waals surface area contributed by atoms with Crippen LogP contribution in [0.5, 0.6) is 0 Å². The summed E-state index contributed by atoms with van der Waals surface area (Å²) in [4.78, 5) is 12.7. The first-order chi connectivity index (χ1) is 15.0. The van der Waals surface area contributed by atoms with Gasteiger partial charge in [-0.25, -0.2) is 9.48 Å². The average molecular weight is 426 g/mol. The number of methoxy groups -OCH3 is 1. The molecular weight excluding hydrogens is 400 g/mol. The predicted molar refractivity (Wildman–Crippen MR) is 114 cm³/mol. The normalized spacial score (nSPS) is 18.3. The molecule has 3 aromatic rings. The number of rotatable bonds is 7. The van der Waals surface area contributed by atoms with Crippen molar-refractivity contribution in [3.63, 3.8) is 0 Å². The van der Waals surface area contributed by atoms with Crippen molar-refractivity contribution in [3.05, 3.63) is 48.3 Å². The molecule has 0 unspecified atom stereocenters. The molecule has 4 rings (SSSR count). The Labute approximate surface area is 180 Å². The number of hydrogen-bond donors (Lipinski definition) is 2. The highest BCUT2D eigenvalue weighted by Gasteiger charge is 2.28. The third-order valence-electron chi connectivity index (χ3n) is 4.93. The molecule has 10 heteroatoms. The number of anilines is 1. The Balaban J connectivity index is 1.54. The number of ether oxygens (including phenoxy) is 3. The molecule has 1 fully saturated rings. The van der Waals surface area contributed by atoms with E-state index in [9.17, 15) is 4.79 Å². The molecule has 0 saturated carbocycles. The molecule has 1 saturated heterocycles. The minimum atomic E-state index is -0.534. The molecule has 0 bridgehead atoms. The SMILES string of the molecule is COCC[C@H]1OC[C@H](NC(=O)Nc2c(C)c(-c3cnn(C)c3)nn2-c2ccccc2)O1. The largest absolute Gasteiger partial charge is 0.384 e. The van der Waals surface area contributed by atoms with Crippen LogP contribution in [0.15, 0.2) is 42.7 Å². The smallest absolute Gasteiger partial charge is 0.322 e. The van der Waals surface area contributed by atoms with Crippen molar-refractivity contribution in [2.45, 2.75) is 25.9 Å². The summed E-state index contributed by atoms with van der Waals surface area (Å²) in [5.74, 6) is 0.567. The van der Waals surface area contributed by atoms with Crippen LogP contribution in [0.1, 0.15) is 12.0 Å². The molecule has 0 radical (unpaired) electrons. The van der Waals surface area contributed by atoms with Crippen LogP contribution in [-0.2, 0) is 21.3 Å². The van der Waals surface area contributed by atoms with Gasteiger partial charge in [0, 0.05) is 37.9 Å². The first kappa shape index (κ1) is 21.0. The van der Waals surface area contributed by atoms with Crippen molar-refractivity contribution >= 4 is 11.8 Å². The van der Waals surface area contributed by atoms with E-state index < -0.39 is 12.3 Å². The molecule has 0 spiro atoms. The van der Waals surface area contributed by atoms with Crippen LogP contribution >= 0.6 is 0 Å². The Hall–Kier alpha value is -3.21. The van der Waals surface area contributed by atoms with Crippen LogP contribution in [0.3, 0.4) is 0 Å². The minimum absolute atomic E-state index is 0.277. The summed E-state index contributed by atoms with van der Waals surface area (Å²) in [6.07, 6.45) is 3.31. The molecule has 1 aliphatic heterocycles. The number of benzene rings is 1. The first-order valence-electron chi connectivity index (χ1n) is 10.0. The van der Waals surface area contributed by atoms with Crippen molar-refractivity contribution in [3.8, 4) is 16.9 Å². The van der Waals surface area contributed by atoms with Crippen molar-refractivity contribution in [1.82, 2.24) is 24.9 Å². The van der Waals surface area contributed by atoms with E-state index in [4.69, 9.17) is 19.3 Å². The zero-order valence-electron chi connectivity index (χ0n) is 17.7. The van der Waals surface area contributed by atoms with Crippen molar-refractivity contribution in [2.75, 3.05) is 25.6 Å².